The smallest absolute Gasteiger partial charge is 0.187 e. The molecule has 15 aliphatic rings. The van der Waals surface area contributed by atoms with Gasteiger partial charge in [0.2, 0.25) is 0 Å². The zero-order valence-corrected chi connectivity index (χ0v) is 71.4. The molecule has 0 aromatic rings. The molecule has 0 spiro atoms. The average molecular weight is 2000 g/mol. The van der Waals surface area contributed by atoms with Crippen molar-refractivity contribution in [1.29, 1.82) is 0 Å². The van der Waals surface area contributed by atoms with Crippen LogP contribution in [0.5, 0.6) is 0 Å². The highest BCUT2D eigenvalue weighted by Gasteiger charge is 2.60. The summed E-state index contributed by atoms with van der Waals surface area (Å²) >= 11 is 0. The van der Waals surface area contributed by atoms with Gasteiger partial charge in [0.15, 0.2) is 94.4 Å². The molecule has 32 N–H and O–H groups in total. The van der Waals surface area contributed by atoms with Crippen LogP contribution in [0.2, 0.25) is 0 Å². The van der Waals surface area contributed by atoms with Crippen molar-refractivity contribution in [2.45, 2.75) is 369 Å². The van der Waals surface area contributed by atoms with Gasteiger partial charge in [0.05, 0.1) is 99.1 Å². The largest absolute Gasteiger partial charge is 0.394 e. The van der Waals surface area contributed by atoms with E-state index in [0.29, 0.717) is 0 Å². The first kappa shape index (κ1) is 108. The first-order chi connectivity index (χ1) is 64.7. The maximum absolute atomic E-state index is 11.6. The third kappa shape index (κ3) is 23.4. The number of hydrogen-bond donors (Lipinski definition) is 32. The summed E-state index contributed by atoms with van der Waals surface area (Å²) < 4.78 is 162. The lowest BCUT2D eigenvalue weighted by molar-refractivity contribution is -0.373. The molecule has 15 rings (SSSR count). The molecule has 60 atom stereocenters. The summed E-state index contributed by atoms with van der Waals surface area (Å²) in [6.07, 6.45) is -105. The minimum absolute atomic E-state index is 0.415. The van der Waals surface area contributed by atoms with Crippen LogP contribution in [0, 0.1) is 0 Å². The van der Waals surface area contributed by atoms with E-state index in [-0.39, 0.29) is 0 Å². The second-order valence-electron chi connectivity index (χ2n) is 35.2. The molecular weight excluding hydrogens is 1880 g/mol. The molecule has 0 aromatic heterocycles. The van der Waals surface area contributed by atoms with Gasteiger partial charge in [-0.3, -0.25) is 0 Å². The molecule has 0 aromatic carbocycles. The Morgan fingerprint density at radius 3 is 0.515 bits per heavy atom. The molecule has 15 fully saturated rings. The minimum Gasteiger partial charge on any atom is -0.394 e. The van der Waals surface area contributed by atoms with Crippen molar-refractivity contribution in [2.75, 3.05) is 99.1 Å². The Labute approximate surface area is 766 Å². The van der Waals surface area contributed by atoms with Crippen molar-refractivity contribution in [3.63, 3.8) is 0 Å². The van der Waals surface area contributed by atoms with Gasteiger partial charge in [0, 0.05) is 0 Å². The Kier molecular flexibility index (Phi) is 37.0. The van der Waals surface area contributed by atoms with Crippen molar-refractivity contribution in [3.05, 3.63) is 0 Å². The van der Waals surface area contributed by atoms with E-state index < -0.39 is 468 Å². The van der Waals surface area contributed by atoms with Gasteiger partial charge in [-0.1, -0.05) is 0 Å². The molecule has 136 heavy (non-hydrogen) atoms. The van der Waals surface area contributed by atoms with Crippen LogP contribution in [-0.4, -0.2) is 632 Å². The monoisotopic (exact) mass is 2000 g/mol. The van der Waals surface area contributed by atoms with Crippen molar-refractivity contribution < 1.29 is 301 Å². The highest BCUT2D eigenvalue weighted by molar-refractivity contribution is 5.01. The van der Waals surface area contributed by atoms with Gasteiger partial charge >= 0.3 is 0 Å². The molecule has 15 saturated heterocycles. The van der Waals surface area contributed by atoms with Crippen LogP contribution in [0.15, 0.2) is 0 Å². The molecule has 0 amide bonds. The molecule has 61 heteroatoms. The fourth-order valence-electron chi connectivity index (χ4n) is 17.4. The molecular formula is C75H122O61. The highest BCUT2D eigenvalue weighted by atomic mass is 16.8. The molecule has 0 saturated carbocycles. The molecule has 15 heterocycles. The molecule has 15 aliphatic heterocycles. The Morgan fingerprint density at radius 2 is 0.309 bits per heavy atom. The maximum Gasteiger partial charge on any atom is 0.187 e. The second kappa shape index (κ2) is 46.7. The fraction of sp³-hybridized carbons (Fsp3) is 1.00. The topological polar surface area (TPSA) is 915 Å². The van der Waals surface area contributed by atoms with E-state index in [1.54, 1.807) is 0 Å². The zero-order valence-electron chi connectivity index (χ0n) is 71.4. The average Bonchev–Trinajstić information content (AvgIpc) is 1.22. The summed E-state index contributed by atoms with van der Waals surface area (Å²) in [5.41, 5.74) is 0. The fourth-order valence-corrected chi connectivity index (χ4v) is 17.4. The van der Waals surface area contributed by atoms with Crippen LogP contribution in [0.1, 0.15) is 0 Å². The molecule has 788 valence electrons. The Balaban J connectivity index is 0.435. The molecule has 1 unspecified atom stereocenters. The van der Waals surface area contributed by atoms with Gasteiger partial charge in [-0.2, -0.15) is 0 Å². The second-order valence-corrected chi connectivity index (χ2v) is 35.2. The lowest BCUT2D eigenvalue weighted by Gasteiger charge is -2.46. The van der Waals surface area contributed by atoms with Crippen molar-refractivity contribution in [1.82, 2.24) is 0 Å². The van der Waals surface area contributed by atoms with E-state index in [9.17, 15) is 163 Å². The lowest BCUT2D eigenvalue weighted by atomic mass is 10.0. The van der Waals surface area contributed by atoms with Crippen LogP contribution in [0.4, 0.5) is 0 Å². The van der Waals surface area contributed by atoms with Crippen molar-refractivity contribution in [3.8, 4) is 0 Å². The van der Waals surface area contributed by atoms with Gasteiger partial charge in [0.1, 0.15) is 275 Å². The van der Waals surface area contributed by atoms with Gasteiger partial charge in [0.25, 0.3) is 0 Å². The zero-order chi connectivity index (χ0) is 97.8. The van der Waals surface area contributed by atoms with Crippen LogP contribution >= 0.6 is 0 Å². The summed E-state index contributed by atoms with van der Waals surface area (Å²) in [5.74, 6) is 0. The number of hydrogen-bond acceptors (Lipinski definition) is 61. The van der Waals surface area contributed by atoms with Gasteiger partial charge in [-0.05, 0) is 0 Å². The first-order valence-corrected chi connectivity index (χ1v) is 43.9. The van der Waals surface area contributed by atoms with Crippen LogP contribution in [-0.2, 0) is 137 Å². The number of aliphatic hydroxyl groups is 32. The SMILES string of the molecule is OC[C@@H]1O[C@@H](O[C@@H]2[C@@H](O)[C@H](O[C@@H]3CO[C@@H](O[C@@H]4CO[C@@H](O[C@@H]5CO[C@@H](O[C@@H]6CO[C@@H](O[C@@H]7CO[C@@H](O[C@@H]8CO[C@@H](O[C@@H]9CO[C@@H](O[C@@H]%10CO[C@@H](O[C@@H]%11CO[C@@H](O[C@@H]%12CO[C@@H](O[C@@H]%13CO[C@@H](O[C@@H]%14COC(O)[C@H](O)[C@H]%14O)[C@H](O)[C@H]%13O)[C@H](O)[C@H]%12O)[C@H](O)[C@H]%11O)[C@H](O)[C@H]%10O)[C@H](O)[C@H]9O)[C@H](O)[C@H]8O)[C@H](O)[C@H]7O)[C@H](O)[C@H]6O)[C@H](O)[C@H]5O)[C@H](O)[C@H]4O)[C@H](O)[C@H]3O)OC[C@H]2O[C@@H]2OC[C@@H](O)[C@H](O)[C@H]2O)[C@H](O)[C@H]1O. The molecule has 0 bridgehead atoms. The summed E-state index contributed by atoms with van der Waals surface area (Å²) in [7, 11) is 0. The standard InChI is InChI=1S/C75H122O61/c76-1-17-32(79)58(105)75(122-17)136-60-30(135-62-46(93)31(78)16(77)2-109-62)15-121-74(59(60)106)134-29-14-120-73(57(104)44(29)91)133-28-13-119-72(56(103)43(28)90)132-27-12-118-71(55(102)42(27)89)131-26-11-117-70(54(101)41(26)88)130-25-10-116-69(53(100)40(25)87)129-24-9-115-68(52(99)39(24)86)128-23-8-114-67(51(98)38(23)85)127-22-7-113-66(50(97)37(22)84)126-21-6-112-65(49(96)36(21)83)125-20-5-111-64(48(95)35(20)82)124-19-4-110-63(47(94)34(19)81)123-18-3-108-61(107)45(92)33(18)80/h16-107H,1-15H2/t16-,17+,18-,19-,20-,21-,22-,23-,24-,25-,26-,27-,28-,29-,30-,31+,32+,33+,34+,35+,36+,37+,38+,39+,40+,41+,42+,43+,44+,45-,46-,47-,48-,49-,50-,51-,52-,53-,54-,55-,56-,57-,58-,59-,60+,61?,62+,63+,64+,65+,66+,67+,68+,69+,70+,71+,72+,73+,74+,75+/m1/s1. The summed E-state index contributed by atoms with van der Waals surface area (Å²) in [6, 6.07) is 0. The van der Waals surface area contributed by atoms with E-state index in [1.165, 1.54) is 0 Å². The quantitative estimate of drug-likeness (QED) is 0.0331. The molecule has 0 radical (unpaired) electrons. The van der Waals surface area contributed by atoms with Gasteiger partial charge < -0.3 is 301 Å². The third-order valence-electron chi connectivity index (χ3n) is 25.9. The number of ether oxygens (including phenoxy) is 29. The van der Waals surface area contributed by atoms with E-state index in [4.69, 9.17) is 137 Å². The predicted octanol–water partition coefficient (Wildman–Crippen LogP) is -24.1. The summed E-state index contributed by atoms with van der Waals surface area (Å²) in [5, 5.41) is 347. The number of aliphatic hydroxyl groups excluding tert-OH is 32. The molecule has 61 nitrogen and oxygen atoms in total. The Hall–Kier alpha value is -2.44. The van der Waals surface area contributed by atoms with E-state index >= 15 is 0 Å². The maximum atomic E-state index is 11.6. The van der Waals surface area contributed by atoms with Crippen LogP contribution in [0.25, 0.3) is 0 Å². The molecule has 0 aliphatic carbocycles. The summed E-state index contributed by atoms with van der Waals surface area (Å²) in [6.45, 7) is -8.80. The lowest BCUT2D eigenvalue weighted by Crippen LogP contribution is -2.64. The Morgan fingerprint density at radius 1 is 0.147 bits per heavy atom. The van der Waals surface area contributed by atoms with Crippen molar-refractivity contribution >= 4 is 0 Å². The van der Waals surface area contributed by atoms with Gasteiger partial charge in [-0.25, -0.2) is 0 Å². The Bertz CT molecular complexity index is 3580. The van der Waals surface area contributed by atoms with Crippen LogP contribution in [0.3, 0.4) is 0 Å². The first-order valence-electron chi connectivity index (χ1n) is 43.9. The van der Waals surface area contributed by atoms with Gasteiger partial charge in [-0.15, -0.1) is 0 Å². The predicted molar refractivity (Wildman–Crippen MR) is 403 cm³/mol. The van der Waals surface area contributed by atoms with Crippen molar-refractivity contribution in [2.24, 2.45) is 0 Å². The van der Waals surface area contributed by atoms with Crippen LogP contribution < -0.4 is 0 Å². The summed E-state index contributed by atoms with van der Waals surface area (Å²) in [4.78, 5) is 0. The van der Waals surface area contributed by atoms with E-state index in [1.807, 2.05) is 0 Å². The van der Waals surface area contributed by atoms with E-state index in [0.717, 1.165) is 0 Å². The normalized spacial score (nSPS) is 54.8. The minimum atomic E-state index is -2.00. The number of rotatable bonds is 29. The third-order valence-corrected chi connectivity index (χ3v) is 25.9. The highest BCUT2D eigenvalue weighted by Crippen LogP contribution is 2.40. The van der Waals surface area contributed by atoms with E-state index in [2.05, 4.69) is 0 Å².